The van der Waals surface area contributed by atoms with Crippen LogP contribution in [0.15, 0.2) is 24.3 Å². The smallest absolute Gasteiger partial charge is 0.236 e. The lowest BCUT2D eigenvalue weighted by molar-refractivity contribution is -0.130. The Morgan fingerprint density at radius 2 is 1.78 bits per heavy atom. The zero-order valence-electron chi connectivity index (χ0n) is 13.2. The lowest BCUT2D eigenvalue weighted by Gasteiger charge is -2.36. The molecule has 132 valence electrons. The van der Waals surface area contributed by atoms with Crippen molar-refractivity contribution in [3.05, 3.63) is 24.3 Å². The number of carbonyl (C=O) groups is 1. The van der Waals surface area contributed by atoms with Gasteiger partial charge in [-0.1, -0.05) is 0 Å². The van der Waals surface area contributed by atoms with Crippen molar-refractivity contribution in [1.82, 2.24) is 10.2 Å². The molecule has 1 fully saturated rings. The van der Waals surface area contributed by atoms with E-state index >= 15 is 0 Å². The van der Waals surface area contributed by atoms with Gasteiger partial charge in [-0.3, -0.25) is 4.79 Å². The van der Waals surface area contributed by atoms with Crippen LogP contribution in [0.5, 0.6) is 5.75 Å². The highest BCUT2D eigenvalue weighted by molar-refractivity contribution is 5.85. The summed E-state index contributed by atoms with van der Waals surface area (Å²) >= 11 is 0. The highest BCUT2D eigenvalue weighted by atomic mass is 35.5. The molecular weight excluding hydrogens is 341 g/mol. The number of anilines is 1. The molecule has 23 heavy (non-hydrogen) atoms. The van der Waals surface area contributed by atoms with Crippen molar-refractivity contribution in [2.24, 2.45) is 0 Å². The first kappa shape index (κ1) is 21.8. The standard InChI is InChI=1S/C15H23N3O3.2ClH/c1-21-11-6-16-12-15(20)18-9-7-17(8-10-18)13-2-4-14(19)5-3-13;;/h2-5,16,19H,6-12H2,1H3;2*1H. The van der Waals surface area contributed by atoms with Crippen LogP contribution in [0.1, 0.15) is 0 Å². The first-order valence-corrected chi connectivity index (χ1v) is 7.22. The number of rotatable bonds is 6. The number of aromatic hydroxyl groups is 1. The lowest BCUT2D eigenvalue weighted by atomic mass is 10.2. The molecule has 8 heteroatoms. The Labute approximate surface area is 149 Å². The van der Waals surface area contributed by atoms with Crippen molar-refractivity contribution < 1.29 is 14.6 Å². The van der Waals surface area contributed by atoms with Crippen LogP contribution in [0.25, 0.3) is 0 Å². The third-order valence-corrected chi connectivity index (χ3v) is 3.61. The number of nitrogens with one attached hydrogen (secondary N) is 1. The van der Waals surface area contributed by atoms with Crippen LogP contribution < -0.4 is 10.2 Å². The van der Waals surface area contributed by atoms with Gasteiger partial charge in [0.1, 0.15) is 5.75 Å². The predicted molar refractivity (Wildman–Crippen MR) is 96.1 cm³/mol. The number of carbonyl (C=O) groups excluding carboxylic acids is 1. The number of hydrogen-bond donors (Lipinski definition) is 2. The Kier molecular flexibility index (Phi) is 10.7. The van der Waals surface area contributed by atoms with E-state index in [1.165, 1.54) is 0 Å². The first-order valence-electron chi connectivity index (χ1n) is 7.22. The molecule has 0 saturated carbocycles. The number of phenolic OH excluding ortho intramolecular Hbond substituents is 1. The van der Waals surface area contributed by atoms with Crippen LogP contribution in [0, 0.1) is 0 Å². The number of benzene rings is 1. The summed E-state index contributed by atoms with van der Waals surface area (Å²) in [7, 11) is 1.64. The van der Waals surface area contributed by atoms with Crippen LogP contribution in [0.3, 0.4) is 0 Å². The fourth-order valence-electron chi connectivity index (χ4n) is 2.36. The molecule has 0 bridgehead atoms. The Bertz CT molecular complexity index is 452. The molecule has 1 amide bonds. The van der Waals surface area contributed by atoms with Crippen molar-refractivity contribution in [3.63, 3.8) is 0 Å². The van der Waals surface area contributed by atoms with E-state index in [0.717, 1.165) is 31.9 Å². The number of hydrogen-bond acceptors (Lipinski definition) is 5. The van der Waals surface area contributed by atoms with E-state index in [-0.39, 0.29) is 36.5 Å². The molecule has 2 N–H and O–H groups in total. The molecule has 1 aliphatic heterocycles. The molecule has 1 saturated heterocycles. The van der Waals surface area contributed by atoms with Crippen LogP contribution >= 0.6 is 24.8 Å². The minimum atomic E-state index is 0. The molecule has 1 aromatic carbocycles. The summed E-state index contributed by atoms with van der Waals surface area (Å²) in [6.07, 6.45) is 0. The molecular formula is C15H25Cl2N3O3. The van der Waals surface area contributed by atoms with Crippen molar-refractivity contribution in [2.75, 3.05) is 57.9 Å². The number of methoxy groups -OCH3 is 1. The highest BCUT2D eigenvalue weighted by Crippen LogP contribution is 2.19. The van der Waals surface area contributed by atoms with Crippen molar-refractivity contribution >= 4 is 36.4 Å². The van der Waals surface area contributed by atoms with Gasteiger partial charge in [-0.25, -0.2) is 0 Å². The molecule has 0 aromatic heterocycles. The zero-order chi connectivity index (χ0) is 15.1. The summed E-state index contributed by atoms with van der Waals surface area (Å²) in [6, 6.07) is 7.18. The Balaban J connectivity index is 0.00000242. The SMILES string of the molecule is COCCNCC(=O)N1CCN(c2ccc(O)cc2)CC1.Cl.Cl. The summed E-state index contributed by atoms with van der Waals surface area (Å²) in [5, 5.41) is 12.4. The summed E-state index contributed by atoms with van der Waals surface area (Å²) < 4.78 is 4.93. The number of halogens is 2. The molecule has 1 aliphatic rings. The fraction of sp³-hybridized carbons (Fsp3) is 0.533. The fourth-order valence-corrected chi connectivity index (χ4v) is 2.36. The molecule has 2 rings (SSSR count). The summed E-state index contributed by atoms with van der Waals surface area (Å²) in [4.78, 5) is 16.1. The Morgan fingerprint density at radius 3 is 2.35 bits per heavy atom. The van der Waals surface area contributed by atoms with Gasteiger partial charge in [-0.05, 0) is 24.3 Å². The quantitative estimate of drug-likeness (QED) is 0.739. The molecule has 0 aliphatic carbocycles. The summed E-state index contributed by atoms with van der Waals surface area (Å²) in [5.74, 6) is 0.408. The molecule has 0 radical (unpaired) electrons. The van der Waals surface area contributed by atoms with Gasteiger partial charge in [0.2, 0.25) is 5.91 Å². The van der Waals surface area contributed by atoms with E-state index in [2.05, 4.69) is 10.2 Å². The third kappa shape index (κ3) is 6.83. The second-order valence-corrected chi connectivity index (χ2v) is 5.05. The number of piperazine rings is 1. The highest BCUT2D eigenvalue weighted by Gasteiger charge is 2.20. The van der Waals surface area contributed by atoms with Gasteiger partial charge < -0.3 is 25.0 Å². The second-order valence-electron chi connectivity index (χ2n) is 5.05. The second kappa shape index (κ2) is 11.3. The van der Waals surface area contributed by atoms with Crippen molar-refractivity contribution in [3.8, 4) is 5.75 Å². The maximum absolute atomic E-state index is 12.0. The monoisotopic (exact) mass is 365 g/mol. The summed E-state index contributed by atoms with van der Waals surface area (Å²) in [6.45, 7) is 4.75. The van der Waals surface area contributed by atoms with Gasteiger partial charge in [0.05, 0.1) is 13.2 Å². The minimum Gasteiger partial charge on any atom is -0.508 e. The van der Waals surface area contributed by atoms with Crippen LogP contribution in [0.2, 0.25) is 0 Å². The molecule has 1 aromatic rings. The molecule has 0 unspecified atom stereocenters. The average molecular weight is 366 g/mol. The topological polar surface area (TPSA) is 65.0 Å². The molecule has 0 atom stereocenters. The molecule has 0 spiro atoms. The number of nitrogens with zero attached hydrogens (tertiary/aromatic N) is 2. The minimum absolute atomic E-state index is 0. The number of ether oxygens (including phenoxy) is 1. The lowest BCUT2D eigenvalue weighted by Crippen LogP contribution is -2.51. The Morgan fingerprint density at radius 1 is 1.17 bits per heavy atom. The Hall–Kier alpha value is -1.21. The van der Waals surface area contributed by atoms with Gasteiger partial charge in [-0.2, -0.15) is 0 Å². The van der Waals surface area contributed by atoms with Crippen LogP contribution in [-0.2, 0) is 9.53 Å². The van der Waals surface area contributed by atoms with Gasteiger partial charge >= 0.3 is 0 Å². The first-order chi connectivity index (χ1) is 10.2. The largest absolute Gasteiger partial charge is 0.508 e. The van der Waals surface area contributed by atoms with E-state index in [1.54, 1.807) is 19.2 Å². The van der Waals surface area contributed by atoms with Crippen molar-refractivity contribution in [1.29, 1.82) is 0 Å². The van der Waals surface area contributed by atoms with Crippen molar-refractivity contribution in [2.45, 2.75) is 0 Å². The van der Waals surface area contributed by atoms with Crippen LogP contribution in [-0.4, -0.2) is 68.9 Å². The summed E-state index contributed by atoms with van der Waals surface area (Å²) in [5.41, 5.74) is 1.08. The van der Waals surface area contributed by atoms with Gasteiger partial charge in [-0.15, -0.1) is 24.8 Å². The third-order valence-electron chi connectivity index (χ3n) is 3.61. The zero-order valence-corrected chi connectivity index (χ0v) is 14.9. The van der Waals surface area contributed by atoms with Gasteiger partial charge in [0.25, 0.3) is 0 Å². The van der Waals surface area contributed by atoms with Crippen LogP contribution in [0.4, 0.5) is 5.69 Å². The van der Waals surface area contributed by atoms with E-state index in [9.17, 15) is 9.90 Å². The normalized spacial score (nSPS) is 14.0. The van der Waals surface area contributed by atoms with Gasteiger partial charge in [0.15, 0.2) is 0 Å². The maximum Gasteiger partial charge on any atom is 0.236 e. The van der Waals surface area contributed by atoms with E-state index in [4.69, 9.17) is 4.74 Å². The average Bonchev–Trinajstić information content (AvgIpc) is 2.52. The van der Waals surface area contributed by atoms with E-state index < -0.39 is 0 Å². The predicted octanol–water partition coefficient (Wildman–Crippen LogP) is 1.12. The van der Waals surface area contributed by atoms with Gasteiger partial charge in [0, 0.05) is 45.5 Å². The maximum atomic E-state index is 12.0. The number of amides is 1. The number of phenols is 1. The molecule has 6 nitrogen and oxygen atoms in total. The molecule has 1 heterocycles. The van der Waals surface area contributed by atoms with E-state index in [1.807, 2.05) is 17.0 Å². The van der Waals surface area contributed by atoms with E-state index in [0.29, 0.717) is 19.7 Å².